The van der Waals surface area contributed by atoms with Gasteiger partial charge in [-0.2, -0.15) is 0 Å². The summed E-state index contributed by atoms with van der Waals surface area (Å²) < 4.78 is 24.1. The molecule has 296 valence electrons. The van der Waals surface area contributed by atoms with Gasteiger partial charge < -0.3 is 20.4 Å². The number of nitrogens with zero attached hydrogens (tertiary/aromatic N) is 1. The maximum absolute atomic E-state index is 12.0. The maximum atomic E-state index is 12.0. The van der Waals surface area contributed by atoms with Crippen LogP contribution in [0.2, 0.25) is 0 Å². The van der Waals surface area contributed by atoms with Gasteiger partial charge >= 0.3 is 11.9 Å². The van der Waals surface area contributed by atoms with Gasteiger partial charge in [0.15, 0.2) is 15.3 Å². The van der Waals surface area contributed by atoms with Crippen molar-refractivity contribution in [1.29, 1.82) is 0 Å². The Kier molecular flexibility index (Phi) is 8.75. The van der Waals surface area contributed by atoms with Crippen molar-refractivity contribution in [2.45, 2.75) is 131 Å². The Morgan fingerprint density at radius 3 is 2.17 bits per heavy atom. The average Bonchev–Trinajstić information content (AvgIpc) is 3.41. The molecule has 7 fully saturated rings. The zero-order valence-corrected chi connectivity index (χ0v) is 34.4. The number of sulfone groups is 1. The summed E-state index contributed by atoms with van der Waals surface area (Å²) in [6.45, 7) is 23.1. The van der Waals surface area contributed by atoms with Crippen LogP contribution in [-0.4, -0.2) is 78.7 Å². The highest BCUT2D eigenvalue weighted by atomic mass is 32.2. The molecule has 1 spiro atoms. The highest BCUT2D eigenvalue weighted by Crippen LogP contribution is 2.77. The molecule has 3 N–H and O–H groups in total. The van der Waals surface area contributed by atoms with Crippen molar-refractivity contribution >= 4 is 21.8 Å². The predicted molar refractivity (Wildman–Crippen MR) is 208 cm³/mol. The van der Waals surface area contributed by atoms with E-state index < -0.39 is 27.2 Å². The number of carboxylic acid groups (broad SMARTS) is 2. The Balaban J connectivity index is 1.00. The van der Waals surface area contributed by atoms with Crippen LogP contribution in [0.15, 0.2) is 23.8 Å². The molecule has 0 unspecified atom stereocenters. The van der Waals surface area contributed by atoms with Crippen LogP contribution in [0, 0.1) is 68.0 Å². The maximum Gasteiger partial charge on any atom is 0.321 e. The number of rotatable bonds is 8. The van der Waals surface area contributed by atoms with Crippen molar-refractivity contribution in [2.75, 3.05) is 37.7 Å². The van der Waals surface area contributed by atoms with Gasteiger partial charge in [-0.15, -0.1) is 0 Å². The second kappa shape index (κ2) is 12.1. The third-order valence-electron chi connectivity index (χ3n) is 19.0. The van der Waals surface area contributed by atoms with Crippen molar-refractivity contribution in [3.05, 3.63) is 23.8 Å². The monoisotopic (exact) mass is 752 g/mol. The van der Waals surface area contributed by atoms with E-state index >= 15 is 0 Å². The summed E-state index contributed by atoms with van der Waals surface area (Å²) in [5.74, 6) is 1.76. The number of aliphatic carboxylic acids is 2. The molecule has 0 amide bonds. The van der Waals surface area contributed by atoms with Crippen LogP contribution >= 0.6 is 0 Å². The molecule has 0 aromatic heterocycles. The van der Waals surface area contributed by atoms with Gasteiger partial charge in [0.05, 0.1) is 11.5 Å². The summed E-state index contributed by atoms with van der Waals surface area (Å²) in [6, 6.07) is 0. The third-order valence-corrected chi connectivity index (χ3v) is 20.6. The number of hydrogen-bond acceptors (Lipinski definition) is 6. The normalized spacial score (nSPS) is 44.9. The van der Waals surface area contributed by atoms with Crippen LogP contribution in [0.3, 0.4) is 0 Å². The van der Waals surface area contributed by atoms with Gasteiger partial charge in [-0.3, -0.25) is 9.59 Å². The quantitative estimate of drug-likeness (QED) is 0.171. The van der Waals surface area contributed by atoms with E-state index in [1.54, 1.807) is 5.57 Å². The number of nitrogens with one attached hydrogen (secondary N) is 1. The minimum atomic E-state index is -2.87. The molecule has 0 aromatic carbocycles. The van der Waals surface area contributed by atoms with Crippen LogP contribution in [-0.2, 0) is 19.4 Å². The molecule has 9 heteroatoms. The van der Waals surface area contributed by atoms with E-state index in [1.165, 1.54) is 56.9 Å². The first kappa shape index (κ1) is 38.2. The second-order valence-corrected chi connectivity index (χ2v) is 23.8. The molecule has 9 atom stereocenters. The molecule has 0 bridgehead atoms. The molecule has 8 nitrogen and oxygen atoms in total. The molecule has 0 aromatic rings. The Hall–Kier alpha value is -1.71. The van der Waals surface area contributed by atoms with E-state index in [4.69, 9.17) is 0 Å². The van der Waals surface area contributed by atoms with Crippen molar-refractivity contribution in [2.24, 2.45) is 68.0 Å². The lowest BCUT2D eigenvalue weighted by atomic mass is 9.32. The van der Waals surface area contributed by atoms with Crippen molar-refractivity contribution < 1.29 is 28.2 Å². The highest BCUT2D eigenvalue weighted by Gasteiger charge is 2.72. The number of carbonyl (C=O) groups is 2. The van der Waals surface area contributed by atoms with Crippen molar-refractivity contribution in [3.8, 4) is 0 Å². The van der Waals surface area contributed by atoms with Gasteiger partial charge in [-0.05, 0) is 153 Å². The minimum absolute atomic E-state index is 0.0689. The van der Waals surface area contributed by atoms with E-state index in [2.05, 4.69) is 64.4 Å². The Morgan fingerprint density at radius 1 is 0.887 bits per heavy atom. The topological polar surface area (TPSA) is 124 Å². The number of hydrogen-bond donors (Lipinski definition) is 3. The number of carboxylic acids is 2. The van der Waals surface area contributed by atoms with Gasteiger partial charge in [0.2, 0.25) is 0 Å². The molecular weight excluding hydrogens is 685 g/mol. The standard InChI is InChI=1S/C44H68N2O6S/c1-28(2)30-10-15-44(45-18-19-46-20-22-53(51,52)23-21-46)17-16-40(6)32(35(30)44)8-9-34-39(5)13-11-31(38(3,4)33(39)12-14-41(34,40)7)29-24-42(25-29)26-43(27-42,36(47)48)37(49)50/h11,29-30,32-35,45H,1,8-10,12-27H2,2-7H3,(H,47,48)(H,49,50)/t30-,32+,33-,34+,35+,39-,40+,41+,44-/m0/s1. The van der Waals surface area contributed by atoms with E-state index in [0.717, 1.165) is 32.4 Å². The summed E-state index contributed by atoms with van der Waals surface area (Å²) in [5.41, 5.74) is 2.20. The lowest BCUT2D eigenvalue weighted by Crippen LogP contribution is -2.68. The second-order valence-electron chi connectivity index (χ2n) is 21.5. The predicted octanol–water partition coefficient (Wildman–Crippen LogP) is 7.60. The Bertz CT molecular complexity index is 1670. The largest absolute Gasteiger partial charge is 0.480 e. The molecular formula is C44H68N2O6S. The van der Waals surface area contributed by atoms with Crippen LogP contribution in [0.5, 0.6) is 0 Å². The van der Waals surface area contributed by atoms with E-state index in [9.17, 15) is 28.2 Å². The number of allylic oxidation sites excluding steroid dienone is 3. The van der Waals surface area contributed by atoms with Gasteiger partial charge in [0.25, 0.3) is 0 Å². The van der Waals surface area contributed by atoms with Crippen LogP contribution in [0.25, 0.3) is 0 Å². The smallest absolute Gasteiger partial charge is 0.321 e. The SMILES string of the molecule is C=C(C)[C@@H]1CC[C@]2(NCCN3CCS(=O)(=O)CC3)CC[C@]3(C)[C@H](CC[C@@H]4[C@@]5(C)CC=C(C6CC7(C6)CC(C(=O)O)(C(=O)O)C7)C(C)(C)[C@@H]5CC[C@]43C)[C@@H]12. The molecule has 8 rings (SSSR count). The molecule has 7 aliphatic carbocycles. The highest BCUT2D eigenvalue weighted by molar-refractivity contribution is 7.91. The minimum Gasteiger partial charge on any atom is -0.480 e. The lowest BCUT2D eigenvalue weighted by Gasteiger charge is -2.73. The summed E-state index contributed by atoms with van der Waals surface area (Å²) in [6.07, 6.45) is 16.2. The molecule has 1 heterocycles. The van der Waals surface area contributed by atoms with Gasteiger partial charge in [-0.25, -0.2) is 8.42 Å². The van der Waals surface area contributed by atoms with E-state index in [0.29, 0.717) is 48.6 Å². The summed E-state index contributed by atoms with van der Waals surface area (Å²) in [5, 5.41) is 23.7. The first-order chi connectivity index (χ1) is 24.7. The molecule has 1 aliphatic heterocycles. The first-order valence-electron chi connectivity index (χ1n) is 21.2. The fraction of sp³-hybridized carbons (Fsp3) is 0.864. The summed E-state index contributed by atoms with van der Waals surface area (Å²) in [7, 11) is -2.87. The van der Waals surface area contributed by atoms with Gasteiger partial charge in [0, 0.05) is 31.7 Å². The fourth-order valence-corrected chi connectivity index (χ4v) is 17.6. The molecule has 53 heavy (non-hydrogen) atoms. The van der Waals surface area contributed by atoms with Crippen molar-refractivity contribution in [3.63, 3.8) is 0 Å². The van der Waals surface area contributed by atoms with E-state index in [1.807, 2.05) is 0 Å². The molecule has 6 saturated carbocycles. The van der Waals surface area contributed by atoms with Gasteiger partial charge in [-0.1, -0.05) is 58.4 Å². The van der Waals surface area contributed by atoms with Gasteiger partial charge in [0.1, 0.15) is 0 Å². The molecule has 8 aliphatic rings. The molecule has 1 saturated heterocycles. The van der Waals surface area contributed by atoms with Crippen molar-refractivity contribution in [1.82, 2.24) is 10.2 Å². The Labute approximate surface area is 319 Å². The lowest BCUT2D eigenvalue weighted by molar-refractivity contribution is -0.223. The van der Waals surface area contributed by atoms with Crippen LogP contribution < -0.4 is 5.32 Å². The average molecular weight is 753 g/mol. The summed E-state index contributed by atoms with van der Waals surface area (Å²) in [4.78, 5) is 26.2. The fourth-order valence-electron chi connectivity index (χ4n) is 16.3. The zero-order chi connectivity index (χ0) is 38.2. The van der Waals surface area contributed by atoms with E-state index in [-0.39, 0.29) is 57.0 Å². The summed E-state index contributed by atoms with van der Waals surface area (Å²) >= 11 is 0. The Morgan fingerprint density at radius 2 is 1.55 bits per heavy atom. The third kappa shape index (κ3) is 5.33. The molecule has 0 radical (unpaired) electrons. The van der Waals surface area contributed by atoms with Crippen LogP contribution in [0.1, 0.15) is 125 Å². The number of fused-ring (bicyclic) bond motifs is 7. The van der Waals surface area contributed by atoms with Crippen LogP contribution in [0.4, 0.5) is 0 Å². The zero-order valence-electron chi connectivity index (χ0n) is 33.6. The first-order valence-corrected chi connectivity index (χ1v) is 23.0.